The summed E-state index contributed by atoms with van der Waals surface area (Å²) in [7, 11) is 0. The zero-order valence-corrected chi connectivity index (χ0v) is 6.98. The molecule has 1 heterocycles. The predicted octanol–water partition coefficient (Wildman–Crippen LogP) is 1.40. The van der Waals surface area contributed by atoms with Crippen LogP contribution in [0.2, 0.25) is 0 Å². The van der Waals surface area contributed by atoms with E-state index in [0.29, 0.717) is 0 Å². The van der Waals surface area contributed by atoms with Crippen LogP contribution in [0.25, 0.3) is 0 Å². The molecule has 0 aliphatic carbocycles. The van der Waals surface area contributed by atoms with E-state index < -0.39 is 0 Å². The fraction of sp³-hybridized carbons (Fsp3) is 0.444. The molecule has 0 radical (unpaired) electrons. The minimum Gasteiger partial charge on any atom is -0.352 e. The van der Waals surface area contributed by atoms with E-state index in [1.165, 1.54) is 0 Å². The molecule has 11 heavy (non-hydrogen) atoms. The number of carbonyl (C=O) groups is 1. The highest BCUT2D eigenvalue weighted by molar-refractivity contribution is 5.98. The average Bonchev–Trinajstić information content (AvgIpc) is 2.04. The topological polar surface area (TPSA) is 29.1 Å². The summed E-state index contributed by atoms with van der Waals surface area (Å²) >= 11 is 0. The maximum absolute atomic E-state index is 11.2. The smallest absolute Gasteiger partial charge is 0.251 e. The van der Waals surface area contributed by atoms with Crippen LogP contribution in [0.5, 0.6) is 0 Å². The molecule has 2 nitrogen and oxygen atoms in total. The van der Waals surface area contributed by atoms with Gasteiger partial charge in [0.1, 0.15) is 0 Å². The highest BCUT2D eigenvalue weighted by Crippen LogP contribution is 2.17. The fourth-order valence-electron chi connectivity index (χ4n) is 1.30. The van der Waals surface area contributed by atoms with Gasteiger partial charge in [0.05, 0.1) is 0 Å². The van der Waals surface area contributed by atoms with Crippen LogP contribution in [-0.2, 0) is 4.79 Å². The van der Waals surface area contributed by atoms with Crippen LogP contribution in [0.1, 0.15) is 20.3 Å². The molecule has 1 N–H and O–H groups in total. The summed E-state index contributed by atoms with van der Waals surface area (Å²) in [6.45, 7) is 4.64. The van der Waals surface area contributed by atoms with E-state index in [0.717, 1.165) is 24.1 Å². The standard InChI is InChI=1S/C9H13NO/c1-3-7-5-6-10-9(11)8(7)4-2/h3-4H,5-6H2,1-2H3,(H,10,11)/b7-3-,8-4+. The largest absolute Gasteiger partial charge is 0.352 e. The number of amides is 1. The van der Waals surface area contributed by atoms with E-state index in [-0.39, 0.29) is 5.91 Å². The van der Waals surface area contributed by atoms with Crippen LogP contribution in [0.3, 0.4) is 0 Å². The normalized spacial score (nSPS) is 25.8. The first-order valence-electron chi connectivity index (χ1n) is 3.89. The second kappa shape index (κ2) is 3.37. The lowest BCUT2D eigenvalue weighted by Crippen LogP contribution is -2.32. The van der Waals surface area contributed by atoms with Gasteiger partial charge in [-0.15, -0.1) is 0 Å². The third-order valence-electron chi connectivity index (χ3n) is 1.91. The van der Waals surface area contributed by atoms with Gasteiger partial charge in [-0.3, -0.25) is 4.79 Å². The lowest BCUT2D eigenvalue weighted by Gasteiger charge is -2.17. The van der Waals surface area contributed by atoms with E-state index in [1.54, 1.807) is 0 Å². The maximum Gasteiger partial charge on any atom is 0.251 e. The molecule has 1 rings (SSSR count). The number of piperidine rings is 1. The Hall–Kier alpha value is -1.05. The average molecular weight is 151 g/mol. The van der Waals surface area contributed by atoms with Crippen molar-refractivity contribution < 1.29 is 4.79 Å². The van der Waals surface area contributed by atoms with Crippen molar-refractivity contribution in [2.24, 2.45) is 0 Å². The van der Waals surface area contributed by atoms with Gasteiger partial charge in [0, 0.05) is 12.1 Å². The van der Waals surface area contributed by atoms with E-state index in [2.05, 4.69) is 5.32 Å². The molecular weight excluding hydrogens is 138 g/mol. The zero-order chi connectivity index (χ0) is 8.27. The van der Waals surface area contributed by atoms with Crippen molar-refractivity contribution in [3.05, 3.63) is 23.3 Å². The summed E-state index contributed by atoms with van der Waals surface area (Å²) in [5.41, 5.74) is 2.00. The molecule has 0 bridgehead atoms. The third-order valence-corrected chi connectivity index (χ3v) is 1.91. The Morgan fingerprint density at radius 1 is 1.36 bits per heavy atom. The molecule has 60 valence electrons. The Morgan fingerprint density at radius 2 is 2.09 bits per heavy atom. The first-order valence-corrected chi connectivity index (χ1v) is 3.89. The van der Waals surface area contributed by atoms with Crippen LogP contribution in [0.15, 0.2) is 23.3 Å². The monoisotopic (exact) mass is 151 g/mol. The highest BCUT2D eigenvalue weighted by atomic mass is 16.1. The quantitative estimate of drug-likeness (QED) is 0.521. The second-order valence-corrected chi connectivity index (χ2v) is 2.52. The molecule has 2 heteroatoms. The van der Waals surface area contributed by atoms with Gasteiger partial charge in [0.15, 0.2) is 0 Å². The Kier molecular flexibility index (Phi) is 2.47. The third kappa shape index (κ3) is 1.50. The van der Waals surface area contributed by atoms with Crippen molar-refractivity contribution >= 4 is 5.91 Å². The number of hydrogen-bond donors (Lipinski definition) is 1. The van der Waals surface area contributed by atoms with E-state index in [9.17, 15) is 4.79 Å². The van der Waals surface area contributed by atoms with Crippen molar-refractivity contribution in [2.45, 2.75) is 20.3 Å². The molecular formula is C9H13NO. The molecule has 0 aromatic rings. The van der Waals surface area contributed by atoms with Gasteiger partial charge < -0.3 is 5.32 Å². The van der Waals surface area contributed by atoms with E-state index >= 15 is 0 Å². The molecule has 1 aliphatic rings. The van der Waals surface area contributed by atoms with E-state index in [1.807, 2.05) is 26.0 Å². The molecule has 0 saturated carbocycles. The molecule has 0 aromatic heterocycles. The minimum absolute atomic E-state index is 0.0619. The number of rotatable bonds is 0. The number of allylic oxidation sites excluding steroid dienone is 2. The van der Waals surface area contributed by atoms with Gasteiger partial charge in [0.2, 0.25) is 0 Å². The van der Waals surface area contributed by atoms with Crippen LogP contribution >= 0.6 is 0 Å². The lowest BCUT2D eigenvalue weighted by molar-refractivity contribution is -0.117. The molecule has 1 fully saturated rings. The van der Waals surface area contributed by atoms with Gasteiger partial charge in [-0.1, -0.05) is 12.2 Å². The second-order valence-electron chi connectivity index (χ2n) is 2.52. The van der Waals surface area contributed by atoms with Crippen molar-refractivity contribution in [1.29, 1.82) is 0 Å². The minimum atomic E-state index is 0.0619. The van der Waals surface area contributed by atoms with Gasteiger partial charge in [-0.25, -0.2) is 0 Å². The van der Waals surface area contributed by atoms with Crippen LogP contribution in [0.4, 0.5) is 0 Å². The highest BCUT2D eigenvalue weighted by Gasteiger charge is 2.16. The van der Waals surface area contributed by atoms with Crippen molar-refractivity contribution in [3.63, 3.8) is 0 Å². The predicted molar refractivity (Wildman–Crippen MR) is 45.1 cm³/mol. The Labute approximate surface area is 67.0 Å². The summed E-state index contributed by atoms with van der Waals surface area (Å²) in [5.74, 6) is 0.0619. The van der Waals surface area contributed by atoms with Gasteiger partial charge >= 0.3 is 0 Å². The van der Waals surface area contributed by atoms with Gasteiger partial charge in [-0.05, 0) is 25.8 Å². The molecule has 1 aliphatic heterocycles. The summed E-state index contributed by atoms with van der Waals surface area (Å²) < 4.78 is 0. The number of nitrogens with one attached hydrogen (secondary N) is 1. The summed E-state index contributed by atoms with van der Waals surface area (Å²) in [6, 6.07) is 0. The van der Waals surface area contributed by atoms with Crippen LogP contribution in [0, 0.1) is 0 Å². The summed E-state index contributed by atoms with van der Waals surface area (Å²) in [4.78, 5) is 11.2. The first kappa shape index (κ1) is 8.05. The van der Waals surface area contributed by atoms with E-state index in [4.69, 9.17) is 0 Å². The summed E-state index contributed by atoms with van der Waals surface area (Å²) in [6.07, 6.45) is 4.83. The van der Waals surface area contributed by atoms with Gasteiger partial charge in [0.25, 0.3) is 5.91 Å². The SMILES string of the molecule is C/C=C1/CCNC(=O)/C1=C/C. The Bertz CT molecular complexity index is 226. The fourth-order valence-corrected chi connectivity index (χ4v) is 1.30. The number of hydrogen-bond acceptors (Lipinski definition) is 1. The molecule has 1 saturated heterocycles. The Balaban J connectivity index is 2.90. The molecule has 1 amide bonds. The van der Waals surface area contributed by atoms with Crippen molar-refractivity contribution in [3.8, 4) is 0 Å². The Morgan fingerprint density at radius 3 is 2.55 bits per heavy atom. The zero-order valence-electron chi connectivity index (χ0n) is 6.98. The summed E-state index contributed by atoms with van der Waals surface area (Å²) in [5, 5.41) is 2.80. The molecule has 0 unspecified atom stereocenters. The molecule has 0 aromatic carbocycles. The molecule has 0 atom stereocenters. The lowest BCUT2D eigenvalue weighted by atomic mass is 9.98. The van der Waals surface area contributed by atoms with Crippen molar-refractivity contribution in [2.75, 3.05) is 6.54 Å². The van der Waals surface area contributed by atoms with Gasteiger partial charge in [-0.2, -0.15) is 0 Å². The molecule has 0 spiro atoms. The first-order chi connectivity index (χ1) is 5.29. The number of carbonyl (C=O) groups excluding carboxylic acids is 1. The van der Waals surface area contributed by atoms with Crippen LogP contribution < -0.4 is 5.32 Å². The van der Waals surface area contributed by atoms with Crippen LogP contribution in [-0.4, -0.2) is 12.5 Å². The maximum atomic E-state index is 11.2. The van der Waals surface area contributed by atoms with Crippen molar-refractivity contribution in [1.82, 2.24) is 5.32 Å².